The van der Waals surface area contributed by atoms with Gasteiger partial charge in [0.25, 0.3) is 11.7 Å². The summed E-state index contributed by atoms with van der Waals surface area (Å²) in [6.07, 6.45) is 0.681. The summed E-state index contributed by atoms with van der Waals surface area (Å²) in [6, 6.07) is 15.4. The van der Waals surface area contributed by atoms with Crippen LogP contribution in [0.15, 0.2) is 52.9 Å². The van der Waals surface area contributed by atoms with Gasteiger partial charge in [-0.2, -0.15) is 0 Å². The fourth-order valence-electron chi connectivity index (χ4n) is 3.85. The first-order valence-electron chi connectivity index (χ1n) is 9.26. The minimum absolute atomic E-state index is 0.0852. The predicted molar refractivity (Wildman–Crippen MR) is 106 cm³/mol. The Bertz CT molecular complexity index is 1060. The number of carbonyl (C=O) groups is 2. The molecular formula is C23H23NO3. The summed E-state index contributed by atoms with van der Waals surface area (Å²) in [4.78, 5) is 26.7. The standard InChI is InChI=1S/C23H23NO3/c1-14-9-10-20-16(11-14)13-17(27-20)12-15(2)23(3,4)24-19-8-6-5-7-18(19)21(25)22(24)26/h5-11,13,15H,12H2,1-4H3. The molecule has 1 unspecified atom stereocenters. The van der Waals surface area contributed by atoms with Crippen molar-refractivity contribution in [3.63, 3.8) is 0 Å². The van der Waals surface area contributed by atoms with Crippen LogP contribution in [0, 0.1) is 12.8 Å². The molecule has 0 N–H and O–H groups in total. The maximum Gasteiger partial charge on any atom is 0.299 e. The lowest BCUT2D eigenvalue weighted by Crippen LogP contribution is -2.52. The molecule has 1 aliphatic heterocycles. The summed E-state index contributed by atoms with van der Waals surface area (Å²) in [5.74, 6) is 0.0999. The molecule has 0 aliphatic carbocycles. The number of ketones is 1. The molecule has 4 nitrogen and oxygen atoms in total. The number of amides is 1. The van der Waals surface area contributed by atoms with Crippen LogP contribution in [0.5, 0.6) is 0 Å². The smallest absolute Gasteiger partial charge is 0.299 e. The number of para-hydroxylation sites is 1. The van der Waals surface area contributed by atoms with Crippen molar-refractivity contribution in [2.45, 2.75) is 39.7 Å². The third-order valence-electron chi connectivity index (χ3n) is 5.80. The van der Waals surface area contributed by atoms with Gasteiger partial charge in [0.05, 0.1) is 11.3 Å². The van der Waals surface area contributed by atoms with Crippen molar-refractivity contribution in [2.24, 2.45) is 5.92 Å². The van der Waals surface area contributed by atoms with E-state index >= 15 is 0 Å². The van der Waals surface area contributed by atoms with Crippen LogP contribution in [-0.2, 0) is 11.2 Å². The average molecular weight is 361 g/mol. The van der Waals surface area contributed by atoms with E-state index in [2.05, 4.69) is 26.0 Å². The number of carbonyl (C=O) groups excluding carboxylic acids is 2. The number of aryl methyl sites for hydroxylation is 1. The maximum absolute atomic E-state index is 12.7. The van der Waals surface area contributed by atoms with E-state index in [0.717, 1.165) is 16.7 Å². The Kier molecular flexibility index (Phi) is 3.95. The molecule has 2 heterocycles. The van der Waals surface area contributed by atoms with Crippen molar-refractivity contribution in [3.8, 4) is 0 Å². The van der Waals surface area contributed by atoms with E-state index in [4.69, 9.17) is 4.42 Å². The SMILES string of the molecule is Cc1ccc2oc(CC(C)C(C)(C)N3C(=O)C(=O)c4ccccc43)cc2c1. The van der Waals surface area contributed by atoms with Crippen molar-refractivity contribution < 1.29 is 14.0 Å². The van der Waals surface area contributed by atoms with Crippen LogP contribution in [-0.4, -0.2) is 17.2 Å². The Hall–Kier alpha value is -2.88. The van der Waals surface area contributed by atoms with Crippen molar-refractivity contribution >= 4 is 28.3 Å². The fraction of sp³-hybridized carbons (Fsp3) is 0.304. The predicted octanol–water partition coefficient (Wildman–Crippen LogP) is 4.93. The van der Waals surface area contributed by atoms with Crippen LogP contribution in [0.2, 0.25) is 0 Å². The van der Waals surface area contributed by atoms with Crippen LogP contribution in [0.1, 0.15) is 42.5 Å². The molecule has 0 spiro atoms. The Morgan fingerprint density at radius 2 is 1.81 bits per heavy atom. The lowest BCUT2D eigenvalue weighted by molar-refractivity contribution is -0.115. The van der Waals surface area contributed by atoms with Crippen LogP contribution in [0.25, 0.3) is 11.0 Å². The molecule has 4 heteroatoms. The van der Waals surface area contributed by atoms with Crippen LogP contribution in [0.3, 0.4) is 0 Å². The fourth-order valence-corrected chi connectivity index (χ4v) is 3.85. The number of nitrogens with zero attached hydrogens (tertiary/aromatic N) is 1. The monoisotopic (exact) mass is 361 g/mol. The summed E-state index contributed by atoms with van der Waals surface area (Å²) in [7, 11) is 0. The van der Waals surface area contributed by atoms with Crippen molar-refractivity contribution in [3.05, 3.63) is 65.4 Å². The molecule has 0 saturated carbocycles. The minimum atomic E-state index is -0.533. The van der Waals surface area contributed by atoms with Crippen molar-refractivity contribution in [1.29, 1.82) is 0 Å². The lowest BCUT2D eigenvalue weighted by Gasteiger charge is -2.40. The quantitative estimate of drug-likeness (QED) is 0.619. The van der Waals surface area contributed by atoms with Gasteiger partial charge in [-0.15, -0.1) is 0 Å². The molecule has 3 aromatic rings. The summed E-state index contributed by atoms with van der Waals surface area (Å²) >= 11 is 0. The van der Waals surface area contributed by atoms with E-state index in [9.17, 15) is 9.59 Å². The number of fused-ring (bicyclic) bond motifs is 2. The molecule has 1 aliphatic rings. The van der Waals surface area contributed by atoms with Gasteiger partial charge >= 0.3 is 0 Å². The molecule has 0 radical (unpaired) electrons. The number of hydrogen-bond donors (Lipinski definition) is 0. The Morgan fingerprint density at radius 3 is 2.59 bits per heavy atom. The van der Waals surface area contributed by atoms with E-state index < -0.39 is 17.2 Å². The van der Waals surface area contributed by atoms with E-state index in [-0.39, 0.29) is 5.92 Å². The molecule has 0 bridgehead atoms. The topological polar surface area (TPSA) is 50.5 Å². The zero-order valence-electron chi connectivity index (χ0n) is 16.1. The summed E-state index contributed by atoms with van der Waals surface area (Å²) < 4.78 is 6.00. The number of rotatable bonds is 4. The van der Waals surface area contributed by atoms with Gasteiger partial charge in [-0.05, 0) is 57.0 Å². The number of Topliss-reactive ketones (excluding diaryl/α,β-unsaturated/α-hetero) is 1. The first kappa shape index (κ1) is 17.5. The van der Waals surface area contributed by atoms with Gasteiger partial charge in [0, 0.05) is 17.3 Å². The number of benzene rings is 2. The second-order valence-corrected chi connectivity index (χ2v) is 8.00. The van der Waals surface area contributed by atoms with Gasteiger partial charge in [0.1, 0.15) is 11.3 Å². The van der Waals surface area contributed by atoms with Crippen molar-refractivity contribution in [1.82, 2.24) is 0 Å². The molecule has 1 amide bonds. The molecule has 138 valence electrons. The molecule has 0 fully saturated rings. The summed E-state index contributed by atoms with van der Waals surface area (Å²) in [6.45, 7) is 8.18. The highest BCUT2D eigenvalue weighted by molar-refractivity contribution is 6.52. The maximum atomic E-state index is 12.7. The third-order valence-corrected chi connectivity index (χ3v) is 5.80. The second-order valence-electron chi connectivity index (χ2n) is 8.00. The van der Waals surface area contributed by atoms with Gasteiger partial charge < -0.3 is 4.42 Å². The zero-order valence-corrected chi connectivity index (χ0v) is 16.1. The minimum Gasteiger partial charge on any atom is -0.461 e. The van der Waals surface area contributed by atoms with Gasteiger partial charge in [-0.1, -0.05) is 30.7 Å². The largest absolute Gasteiger partial charge is 0.461 e. The van der Waals surface area contributed by atoms with E-state index in [1.54, 1.807) is 17.0 Å². The first-order chi connectivity index (χ1) is 12.8. The molecule has 4 rings (SSSR count). The normalized spacial score (nSPS) is 15.5. The average Bonchev–Trinajstić information content (AvgIpc) is 3.13. The molecule has 2 aromatic carbocycles. The number of furan rings is 1. The summed E-state index contributed by atoms with van der Waals surface area (Å²) in [5.41, 5.74) is 2.72. The van der Waals surface area contributed by atoms with Gasteiger partial charge in [-0.3, -0.25) is 14.5 Å². The molecule has 1 aromatic heterocycles. The molecule has 0 saturated heterocycles. The lowest BCUT2D eigenvalue weighted by atomic mass is 9.84. The van der Waals surface area contributed by atoms with Crippen LogP contribution >= 0.6 is 0 Å². The Morgan fingerprint density at radius 1 is 1.07 bits per heavy atom. The number of anilines is 1. The van der Waals surface area contributed by atoms with Gasteiger partial charge in [0.15, 0.2) is 0 Å². The molecule has 1 atom stereocenters. The third kappa shape index (κ3) is 2.76. The van der Waals surface area contributed by atoms with Crippen molar-refractivity contribution in [2.75, 3.05) is 4.90 Å². The zero-order chi connectivity index (χ0) is 19.3. The number of hydrogen-bond acceptors (Lipinski definition) is 3. The summed E-state index contributed by atoms with van der Waals surface area (Å²) in [5, 5.41) is 1.09. The molecular weight excluding hydrogens is 338 g/mol. The highest BCUT2D eigenvalue weighted by Crippen LogP contribution is 2.39. The van der Waals surface area contributed by atoms with E-state index in [0.29, 0.717) is 17.7 Å². The van der Waals surface area contributed by atoms with Crippen LogP contribution in [0.4, 0.5) is 5.69 Å². The van der Waals surface area contributed by atoms with E-state index in [1.807, 2.05) is 38.1 Å². The second kappa shape index (κ2) is 6.08. The van der Waals surface area contributed by atoms with Crippen LogP contribution < -0.4 is 4.90 Å². The van der Waals surface area contributed by atoms with E-state index in [1.165, 1.54) is 5.56 Å². The Balaban J connectivity index is 1.65. The molecule has 27 heavy (non-hydrogen) atoms. The van der Waals surface area contributed by atoms with Gasteiger partial charge in [-0.25, -0.2) is 0 Å². The van der Waals surface area contributed by atoms with Gasteiger partial charge in [0.2, 0.25) is 0 Å². The highest BCUT2D eigenvalue weighted by atomic mass is 16.3. The Labute approximate surface area is 158 Å². The first-order valence-corrected chi connectivity index (χ1v) is 9.26. The highest BCUT2D eigenvalue weighted by Gasteiger charge is 2.45.